The Kier molecular flexibility index (Phi) is 5.30. The van der Waals surface area contributed by atoms with E-state index >= 15 is 0 Å². The maximum Gasteiger partial charge on any atom is 0.0639 e. The summed E-state index contributed by atoms with van der Waals surface area (Å²) in [5, 5.41) is 4.79. The molecule has 0 aromatic heterocycles. The van der Waals surface area contributed by atoms with E-state index < -0.39 is 0 Å². The smallest absolute Gasteiger partial charge is 0.0639 e. The summed E-state index contributed by atoms with van der Waals surface area (Å²) in [5.41, 5.74) is 1.37. The fourth-order valence-electron chi connectivity index (χ4n) is 1.52. The molecule has 0 radical (unpaired) electrons. The van der Waals surface area contributed by atoms with Crippen LogP contribution in [0.2, 0.25) is 10.0 Å². The van der Waals surface area contributed by atoms with Gasteiger partial charge in [0.1, 0.15) is 0 Å². The second kappa shape index (κ2) is 6.08. The minimum atomic E-state index is 0.215. The Bertz CT molecular complexity index is 374. The van der Waals surface area contributed by atoms with Crippen molar-refractivity contribution in [1.29, 1.82) is 0 Å². The van der Waals surface area contributed by atoms with Crippen molar-refractivity contribution in [3.63, 3.8) is 0 Å². The van der Waals surface area contributed by atoms with Crippen molar-refractivity contribution in [2.24, 2.45) is 5.41 Å². The lowest BCUT2D eigenvalue weighted by atomic mass is 9.90. The Morgan fingerprint density at radius 1 is 1.29 bits per heavy atom. The molecule has 1 atom stereocenters. The molecule has 0 spiro atoms. The van der Waals surface area contributed by atoms with Crippen molar-refractivity contribution in [3.8, 4) is 0 Å². The van der Waals surface area contributed by atoms with Gasteiger partial charge in [-0.2, -0.15) is 0 Å². The summed E-state index contributed by atoms with van der Waals surface area (Å²) in [6.45, 7) is 9.80. The first-order valence-corrected chi connectivity index (χ1v) is 6.80. The molecule has 0 fully saturated rings. The molecule has 1 aromatic rings. The first-order valence-electron chi connectivity index (χ1n) is 6.04. The molecule has 1 N–H and O–H groups in total. The Hall–Kier alpha value is -0.240. The van der Waals surface area contributed by atoms with Crippen LogP contribution in [0.5, 0.6) is 0 Å². The third kappa shape index (κ3) is 4.17. The Morgan fingerprint density at radius 2 is 1.94 bits per heavy atom. The average Bonchev–Trinajstić information content (AvgIpc) is 2.30. The van der Waals surface area contributed by atoms with Gasteiger partial charge in [-0.25, -0.2) is 0 Å². The lowest BCUT2D eigenvalue weighted by molar-refractivity contribution is 0.314. The normalized spacial score (nSPS) is 13.8. The van der Waals surface area contributed by atoms with Crippen LogP contribution >= 0.6 is 23.2 Å². The zero-order chi connectivity index (χ0) is 13.1. The number of benzene rings is 1. The van der Waals surface area contributed by atoms with Crippen LogP contribution in [-0.4, -0.2) is 6.54 Å². The molecule has 0 heterocycles. The molecule has 17 heavy (non-hydrogen) atoms. The van der Waals surface area contributed by atoms with Gasteiger partial charge in [0, 0.05) is 12.6 Å². The second-order valence-electron chi connectivity index (χ2n) is 5.26. The fraction of sp³-hybridized carbons (Fsp3) is 0.571. The van der Waals surface area contributed by atoms with E-state index in [1.165, 1.54) is 0 Å². The van der Waals surface area contributed by atoms with Crippen LogP contribution in [-0.2, 0) is 0 Å². The highest BCUT2D eigenvalue weighted by atomic mass is 35.5. The highest BCUT2D eigenvalue weighted by Gasteiger charge is 2.17. The second-order valence-corrected chi connectivity index (χ2v) is 6.05. The number of hydrogen-bond donors (Lipinski definition) is 1. The molecule has 1 unspecified atom stereocenters. The summed E-state index contributed by atoms with van der Waals surface area (Å²) in [6, 6.07) is 5.99. The van der Waals surface area contributed by atoms with Gasteiger partial charge in [0.05, 0.1) is 10.0 Å². The molecule has 0 saturated heterocycles. The predicted octanol–water partition coefficient (Wildman–Crippen LogP) is 5.08. The zero-order valence-electron chi connectivity index (χ0n) is 11.0. The van der Waals surface area contributed by atoms with Crippen molar-refractivity contribution < 1.29 is 0 Å². The van der Waals surface area contributed by atoms with Crippen LogP contribution in [0.25, 0.3) is 0 Å². The summed E-state index contributed by atoms with van der Waals surface area (Å²) in [4.78, 5) is 0. The van der Waals surface area contributed by atoms with Crippen LogP contribution < -0.4 is 5.32 Å². The molecule has 0 aliphatic carbocycles. The average molecular weight is 274 g/mol. The molecule has 0 saturated carbocycles. The monoisotopic (exact) mass is 273 g/mol. The molecule has 3 heteroatoms. The molecular formula is C14H21Cl2N. The maximum atomic E-state index is 6.20. The zero-order valence-corrected chi connectivity index (χ0v) is 12.5. The van der Waals surface area contributed by atoms with Gasteiger partial charge in [-0.1, -0.05) is 56.1 Å². The van der Waals surface area contributed by atoms with Crippen LogP contribution in [0.3, 0.4) is 0 Å². The van der Waals surface area contributed by atoms with E-state index in [0.29, 0.717) is 15.5 Å². The minimum absolute atomic E-state index is 0.215. The molecule has 1 aromatic carbocycles. The van der Waals surface area contributed by atoms with Gasteiger partial charge in [0.25, 0.3) is 0 Å². The van der Waals surface area contributed by atoms with E-state index in [-0.39, 0.29) is 6.04 Å². The lowest BCUT2D eigenvalue weighted by Gasteiger charge is -2.26. The van der Waals surface area contributed by atoms with Crippen molar-refractivity contribution in [2.75, 3.05) is 6.54 Å². The first kappa shape index (κ1) is 14.8. The van der Waals surface area contributed by atoms with Crippen molar-refractivity contribution in [1.82, 2.24) is 5.32 Å². The minimum Gasteiger partial charge on any atom is -0.310 e. The summed E-state index contributed by atoms with van der Waals surface area (Å²) in [6.07, 6.45) is 1.15. The molecule has 0 bridgehead atoms. The van der Waals surface area contributed by atoms with Gasteiger partial charge < -0.3 is 5.32 Å². The SMILES string of the molecule is CCC(C)(C)CNC(C)c1cccc(Cl)c1Cl. The molecule has 1 nitrogen and oxygen atoms in total. The molecule has 96 valence electrons. The Morgan fingerprint density at radius 3 is 2.53 bits per heavy atom. The standard InChI is InChI=1S/C14H21Cl2N/c1-5-14(3,4)9-17-10(2)11-7-6-8-12(15)13(11)16/h6-8,10,17H,5,9H2,1-4H3. The number of halogens is 2. The third-order valence-corrected chi connectivity index (χ3v) is 4.13. The molecule has 1 rings (SSSR count). The van der Waals surface area contributed by atoms with Crippen molar-refractivity contribution in [3.05, 3.63) is 33.8 Å². The summed E-state index contributed by atoms with van der Waals surface area (Å²) in [7, 11) is 0. The summed E-state index contributed by atoms with van der Waals surface area (Å²) >= 11 is 12.2. The Balaban J connectivity index is 2.71. The quantitative estimate of drug-likeness (QED) is 0.789. The molecular weight excluding hydrogens is 253 g/mol. The Labute approximate surface area is 115 Å². The highest BCUT2D eigenvalue weighted by Crippen LogP contribution is 2.30. The van der Waals surface area contributed by atoms with Gasteiger partial charge in [0.2, 0.25) is 0 Å². The van der Waals surface area contributed by atoms with Crippen LogP contribution in [0.4, 0.5) is 0 Å². The van der Waals surface area contributed by atoms with Gasteiger partial charge in [-0.05, 0) is 30.4 Å². The van der Waals surface area contributed by atoms with E-state index in [1.807, 2.05) is 18.2 Å². The van der Waals surface area contributed by atoms with E-state index in [1.54, 1.807) is 0 Å². The molecule has 0 aliphatic heterocycles. The fourth-order valence-corrected chi connectivity index (χ4v) is 1.99. The van der Waals surface area contributed by atoms with E-state index in [4.69, 9.17) is 23.2 Å². The lowest BCUT2D eigenvalue weighted by Crippen LogP contribution is -2.30. The largest absolute Gasteiger partial charge is 0.310 e. The van der Waals surface area contributed by atoms with E-state index in [2.05, 4.69) is 33.0 Å². The van der Waals surface area contributed by atoms with Gasteiger partial charge in [0.15, 0.2) is 0 Å². The van der Waals surface area contributed by atoms with Gasteiger partial charge >= 0.3 is 0 Å². The van der Waals surface area contributed by atoms with Crippen LogP contribution in [0.15, 0.2) is 18.2 Å². The van der Waals surface area contributed by atoms with Gasteiger partial charge in [-0.15, -0.1) is 0 Å². The number of rotatable bonds is 5. The third-order valence-electron chi connectivity index (χ3n) is 3.29. The van der Waals surface area contributed by atoms with Crippen molar-refractivity contribution >= 4 is 23.2 Å². The topological polar surface area (TPSA) is 12.0 Å². The molecule has 0 amide bonds. The predicted molar refractivity (Wildman–Crippen MR) is 77.0 cm³/mol. The van der Waals surface area contributed by atoms with Crippen molar-refractivity contribution in [2.45, 2.75) is 40.2 Å². The molecule has 0 aliphatic rings. The highest BCUT2D eigenvalue weighted by molar-refractivity contribution is 6.42. The first-order chi connectivity index (χ1) is 7.87. The number of hydrogen-bond acceptors (Lipinski definition) is 1. The summed E-state index contributed by atoms with van der Waals surface area (Å²) in [5.74, 6) is 0. The van der Waals surface area contributed by atoms with Crippen LogP contribution in [0.1, 0.15) is 45.7 Å². The van der Waals surface area contributed by atoms with Crippen LogP contribution in [0, 0.1) is 5.41 Å². The van der Waals surface area contributed by atoms with E-state index in [0.717, 1.165) is 18.5 Å². The van der Waals surface area contributed by atoms with Gasteiger partial charge in [-0.3, -0.25) is 0 Å². The maximum absolute atomic E-state index is 6.20. The summed E-state index contributed by atoms with van der Waals surface area (Å²) < 4.78 is 0. The van der Waals surface area contributed by atoms with E-state index in [9.17, 15) is 0 Å². The number of nitrogens with one attached hydrogen (secondary N) is 1.